The molecule has 0 unspecified atom stereocenters. The van der Waals surface area contributed by atoms with E-state index in [9.17, 15) is 4.79 Å². The van der Waals surface area contributed by atoms with Crippen LogP contribution in [0.4, 0.5) is 5.69 Å². The summed E-state index contributed by atoms with van der Waals surface area (Å²) in [7, 11) is 0. The Morgan fingerprint density at radius 3 is 2.16 bits per heavy atom. The Morgan fingerprint density at radius 1 is 1.04 bits per heavy atom. The average molecular weight is 337 g/mol. The van der Waals surface area contributed by atoms with E-state index in [0.717, 1.165) is 27.9 Å². The second-order valence-electron chi connectivity index (χ2n) is 7.61. The zero-order valence-electron chi connectivity index (χ0n) is 15.9. The molecule has 2 rings (SSSR count). The highest BCUT2D eigenvalue weighted by molar-refractivity contribution is 5.92. The van der Waals surface area contributed by atoms with Gasteiger partial charge < -0.3 is 10.4 Å². The number of carbonyl (C=O) groups is 1. The molecule has 2 N–H and O–H groups in total. The number of aryl methyl sites for hydroxylation is 2. The van der Waals surface area contributed by atoms with Crippen LogP contribution in [0.2, 0.25) is 0 Å². The fraction of sp³-hybridized carbons (Fsp3) is 0.318. The van der Waals surface area contributed by atoms with E-state index < -0.39 is 5.97 Å². The van der Waals surface area contributed by atoms with Crippen molar-refractivity contribution in [1.29, 1.82) is 0 Å². The molecule has 2 aromatic carbocycles. The van der Waals surface area contributed by atoms with Gasteiger partial charge in [0, 0.05) is 16.8 Å². The van der Waals surface area contributed by atoms with Crippen LogP contribution in [-0.4, -0.2) is 16.6 Å². The predicted molar refractivity (Wildman–Crippen MR) is 106 cm³/mol. The van der Waals surface area contributed by atoms with E-state index in [2.05, 4.69) is 69.4 Å². The largest absolute Gasteiger partial charge is 0.478 e. The summed E-state index contributed by atoms with van der Waals surface area (Å²) in [5, 5.41) is 12.5. The maximum absolute atomic E-state index is 11.0. The zero-order chi connectivity index (χ0) is 18.8. The maximum Gasteiger partial charge on any atom is 0.331 e. The van der Waals surface area contributed by atoms with Crippen LogP contribution in [0.5, 0.6) is 0 Å². The SMILES string of the molecule is CC(=Cc1cc(C)c(-c2ccc(NC(C)(C)C)cc2)cc1C)C(=O)O. The van der Waals surface area contributed by atoms with Crippen molar-refractivity contribution in [1.82, 2.24) is 0 Å². The highest BCUT2D eigenvalue weighted by atomic mass is 16.4. The van der Waals surface area contributed by atoms with E-state index in [4.69, 9.17) is 5.11 Å². The molecule has 0 atom stereocenters. The first-order valence-corrected chi connectivity index (χ1v) is 8.48. The van der Waals surface area contributed by atoms with Gasteiger partial charge >= 0.3 is 5.97 Å². The van der Waals surface area contributed by atoms with Gasteiger partial charge in [-0.25, -0.2) is 4.79 Å². The van der Waals surface area contributed by atoms with Crippen molar-refractivity contribution in [3.05, 3.63) is 58.7 Å². The predicted octanol–water partition coefficient (Wildman–Crippen LogP) is 5.67. The molecule has 0 aromatic heterocycles. The van der Waals surface area contributed by atoms with Gasteiger partial charge in [0.1, 0.15) is 0 Å². The van der Waals surface area contributed by atoms with E-state index in [1.165, 1.54) is 5.56 Å². The number of rotatable bonds is 4. The number of anilines is 1. The van der Waals surface area contributed by atoms with E-state index in [0.29, 0.717) is 5.57 Å². The molecular weight excluding hydrogens is 310 g/mol. The highest BCUT2D eigenvalue weighted by Gasteiger charge is 2.10. The first-order chi connectivity index (χ1) is 11.6. The molecule has 3 nitrogen and oxygen atoms in total. The fourth-order valence-corrected chi connectivity index (χ4v) is 2.77. The molecule has 0 aliphatic carbocycles. The molecule has 0 aliphatic heterocycles. The molecule has 0 heterocycles. The number of hydrogen-bond acceptors (Lipinski definition) is 2. The van der Waals surface area contributed by atoms with Gasteiger partial charge in [-0.3, -0.25) is 0 Å². The summed E-state index contributed by atoms with van der Waals surface area (Å²) >= 11 is 0. The van der Waals surface area contributed by atoms with Crippen molar-refractivity contribution in [2.45, 2.75) is 47.1 Å². The summed E-state index contributed by atoms with van der Waals surface area (Å²) in [6.07, 6.45) is 1.73. The van der Waals surface area contributed by atoms with Crippen LogP contribution in [-0.2, 0) is 4.79 Å². The van der Waals surface area contributed by atoms with Crippen LogP contribution in [0, 0.1) is 13.8 Å². The second kappa shape index (κ2) is 7.14. The van der Waals surface area contributed by atoms with Crippen LogP contribution in [0.25, 0.3) is 17.2 Å². The second-order valence-corrected chi connectivity index (χ2v) is 7.61. The minimum Gasteiger partial charge on any atom is -0.478 e. The average Bonchev–Trinajstić information content (AvgIpc) is 2.49. The fourth-order valence-electron chi connectivity index (χ4n) is 2.77. The standard InChI is InChI=1S/C22H27NO2/c1-14-13-20(15(2)11-18(14)12-16(3)21(24)25)17-7-9-19(10-8-17)23-22(4,5)6/h7-13,23H,1-6H3,(H,24,25). The third kappa shape index (κ3) is 4.96. The lowest BCUT2D eigenvalue weighted by Gasteiger charge is -2.22. The van der Waals surface area contributed by atoms with Gasteiger partial charge in [-0.2, -0.15) is 0 Å². The topological polar surface area (TPSA) is 49.3 Å². The van der Waals surface area contributed by atoms with Crippen LogP contribution >= 0.6 is 0 Å². The third-order valence-electron chi connectivity index (χ3n) is 4.04. The quantitative estimate of drug-likeness (QED) is 0.707. The first kappa shape index (κ1) is 18.8. The summed E-state index contributed by atoms with van der Waals surface area (Å²) in [6, 6.07) is 12.6. The van der Waals surface area contributed by atoms with Gasteiger partial charge in [-0.1, -0.05) is 24.3 Å². The zero-order valence-corrected chi connectivity index (χ0v) is 15.9. The Bertz CT molecular complexity index is 809. The lowest BCUT2D eigenvalue weighted by molar-refractivity contribution is -0.132. The van der Waals surface area contributed by atoms with Crippen LogP contribution in [0.3, 0.4) is 0 Å². The number of carboxylic acid groups (broad SMARTS) is 1. The minimum atomic E-state index is -0.886. The van der Waals surface area contributed by atoms with Crippen LogP contribution in [0.15, 0.2) is 42.0 Å². The molecule has 0 fully saturated rings. The lowest BCUT2D eigenvalue weighted by Crippen LogP contribution is -2.25. The third-order valence-corrected chi connectivity index (χ3v) is 4.04. The number of benzene rings is 2. The molecule has 25 heavy (non-hydrogen) atoms. The maximum atomic E-state index is 11.0. The van der Waals surface area contributed by atoms with Crippen molar-refractivity contribution in [3.63, 3.8) is 0 Å². The molecule has 0 saturated carbocycles. The monoisotopic (exact) mass is 337 g/mol. The smallest absolute Gasteiger partial charge is 0.331 e. The van der Waals surface area contributed by atoms with E-state index >= 15 is 0 Å². The first-order valence-electron chi connectivity index (χ1n) is 8.48. The Balaban J connectivity index is 2.36. The molecule has 0 spiro atoms. The van der Waals surface area contributed by atoms with E-state index in [1.54, 1.807) is 13.0 Å². The van der Waals surface area contributed by atoms with E-state index in [1.807, 2.05) is 6.92 Å². The number of carboxylic acids is 1. The normalized spacial score (nSPS) is 12.2. The van der Waals surface area contributed by atoms with Crippen LogP contribution in [0.1, 0.15) is 44.4 Å². The van der Waals surface area contributed by atoms with Gasteiger partial charge in [0.05, 0.1) is 0 Å². The molecular formula is C22H27NO2. The molecule has 3 heteroatoms. The van der Waals surface area contributed by atoms with Crippen molar-refractivity contribution >= 4 is 17.7 Å². The van der Waals surface area contributed by atoms with Crippen molar-refractivity contribution in [2.24, 2.45) is 0 Å². The molecule has 0 aliphatic rings. The number of nitrogens with one attached hydrogen (secondary N) is 1. The molecule has 0 bridgehead atoms. The van der Waals surface area contributed by atoms with Gasteiger partial charge in [-0.05, 0) is 87.6 Å². The Hall–Kier alpha value is -2.55. The van der Waals surface area contributed by atoms with Gasteiger partial charge in [0.15, 0.2) is 0 Å². The van der Waals surface area contributed by atoms with Crippen molar-refractivity contribution < 1.29 is 9.90 Å². The Kier molecular flexibility index (Phi) is 5.36. The molecule has 0 radical (unpaired) electrons. The van der Waals surface area contributed by atoms with Gasteiger partial charge in [-0.15, -0.1) is 0 Å². The summed E-state index contributed by atoms with van der Waals surface area (Å²) in [5.74, 6) is -0.886. The summed E-state index contributed by atoms with van der Waals surface area (Å²) in [6.45, 7) is 12.1. The van der Waals surface area contributed by atoms with Crippen molar-refractivity contribution in [2.75, 3.05) is 5.32 Å². The number of hydrogen-bond donors (Lipinski definition) is 2. The highest BCUT2D eigenvalue weighted by Crippen LogP contribution is 2.29. The number of aliphatic carboxylic acids is 1. The summed E-state index contributed by atoms with van der Waals surface area (Å²) < 4.78 is 0. The summed E-state index contributed by atoms with van der Waals surface area (Å²) in [4.78, 5) is 11.0. The lowest BCUT2D eigenvalue weighted by atomic mass is 9.94. The van der Waals surface area contributed by atoms with Gasteiger partial charge in [0.25, 0.3) is 0 Å². The minimum absolute atomic E-state index is 0.0318. The van der Waals surface area contributed by atoms with E-state index in [-0.39, 0.29) is 5.54 Å². The van der Waals surface area contributed by atoms with Crippen molar-refractivity contribution in [3.8, 4) is 11.1 Å². The molecule has 0 saturated heterocycles. The molecule has 2 aromatic rings. The van der Waals surface area contributed by atoms with Crippen LogP contribution < -0.4 is 5.32 Å². The Labute approximate surface area is 150 Å². The summed E-state index contributed by atoms with van der Waals surface area (Å²) in [5.41, 5.74) is 6.95. The molecule has 132 valence electrons. The van der Waals surface area contributed by atoms with Gasteiger partial charge in [0.2, 0.25) is 0 Å². The Morgan fingerprint density at radius 2 is 1.64 bits per heavy atom. The molecule has 0 amide bonds.